The van der Waals surface area contributed by atoms with Gasteiger partial charge in [-0.2, -0.15) is 0 Å². The molecule has 118 valence electrons. The summed E-state index contributed by atoms with van der Waals surface area (Å²) in [7, 11) is 0. The number of allylic oxidation sites excluding steroid dienone is 1. The van der Waals surface area contributed by atoms with E-state index in [1.807, 2.05) is 36.4 Å². The SMILES string of the molecule is CSC(=O)C1=C[C@@H](c2ccccc2)C[C@@H](c2ccccc2C)O1. The lowest BCUT2D eigenvalue weighted by molar-refractivity contribution is -0.112. The highest BCUT2D eigenvalue weighted by Gasteiger charge is 2.29. The minimum absolute atomic E-state index is 0.00999. The average molecular weight is 324 g/mol. The summed E-state index contributed by atoms with van der Waals surface area (Å²) in [5.74, 6) is 0.673. The van der Waals surface area contributed by atoms with Gasteiger partial charge in [-0.1, -0.05) is 66.4 Å². The zero-order valence-electron chi connectivity index (χ0n) is 13.4. The Balaban J connectivity index is 1.97. The fourth-order valence-corrected chi connectivity index (χ4v) is 3.33. The Labute approximate surface area is 141 Å². The van der Waals surface area contributed by atoms with Crippen molar-refractivity contribution in [2.75, 3.05) is 6.26 Å². The Kier molecular flexibility index (Phi) is 4.87. The molecule has 3 rings (SSSR count). The summed E-state index contributed by atoms with van der Waals surface area (Å²) in [6.45, 7) is 2.09. The molecular formula is C20H20O2S. The molecule has 1 heterocycles. The van der Waals surface area contributed by atoms with Crippen LogP contribution in [0.3, 0.4) is 0 Å². The Morgan fingerprint density at radius 2 is 1.78 bits per heavy atom. The first kappa shape index (κ1) is 15.9. The van der Waals surface area contributed by atoms with Crippen LogP contribution >= 0.6 is 11.8 Å². The maximum atomic E-state index is 12.2. The highest BCUT2D eigenvalue weighted by molar-refractivity contribution is 8.13. The van der Waals surface area contributed by atoms with E-state index in [-0.39, 0.29) is 17.1 Å². The van der Waals surface area contributed by atoms with E-state index in [1.165, 1.54) is 22.9 Å². The van der Waals surface area contributed by atoms with Crippen LogP contribution < -0.4 is 0 Å². The van der Waals surface area contributed by atoms with Crippen molar-refractivity contribution in [3.8, 4) is 0 Å². The topological polar surface area (TPSA) is 26.3 Å². The molecule has 0 saturated carbocycles. The molecule has 0 spiro atoms. The molecule has 0 unspecified atom stereocenters. The molecule has 0 aliphatic carbocycles. The third-order valence-corrected chi connectivity index (χ3v) is 4.81. The summed E-state index contributed by atoms with van der Waals surface area (Å²) >= 11 is 1.20. The molecule has 0 fully saturated rings. The molecule has 0 amide bonds. The number of hydrogen-bond donors (Lipinski definition) is 0. The van der Waals surface area contributed by atoms with Gasteiger partial charge in [-0.25, -0.2) is 0 Å². The molecule has 1 aliphatic heterocycles. The zero-order valence-corrected chi connectivity index (χ0v) is 14.2. The van der Waals surface area contributed by atoms with Crippen LogP contribution in [0.1, 0.15) is 35.1 Å². The highest BCUT2D eigenvalue weighted by atomic mass is 32.2. The number of rotatable bonds is 3. The Morgan fingerprint density at radius 1 is 1.09 bits per heavy atom. The van der Waals surface area contributed by atoms with Gasteiger partial charge in [0.15, 0.2) is 5.76 Å². The third kappa shape index (κ3) is 3.50. The van der Waals surface area contributed by atoms with Crippen LogP contribution in [0.15, 0.2) is 66.4 Å². The molecule has 3 heteroatoms. The van der Waals surface area contributed by atoms with Gasteiger partial charge in [0.05, 0.1) is 0 Å². The van der Waals surface area contributed by atoms with Crippen molar-refractivity contribution >= 4 is 16.9 Å². The number of ether oxygens (including phenoxy) is 1. The van der Waals surface area contributed by atoms with E-state index in [1.54, 1.807) is 6.26 Å². The molecule has 1 aliphatic rings. The summed E-state index contributed by atoms with van der Waals surface area (Å²) in [6, 6.07) is 18.6. The monoisotopic (exact) mass is 324 g/mol. The fourth-order valence-electron chi connectivity index (χ4n) is 3.01. The van der Waals surface area contributed by atoms with Gasteiger partial charge in [0.2, 0.25) is 0 Å². The summed E-state index contributed by atoms with van der Waals surface area (Å²) in [6.07, 6.45) is 4.53. The van der Waals surface area contributed by atoms with Crippen molar-refractivity contribution in [1.82, 2.24) is 0 Å². The van der Waals surface area contributed by atoms with Crippen LogP contribution in [0.2, 0.25) is 0 Å². The number of aryl methyl sites for hydroxylation is 1. The standard InChI is InChI=1S/C20H20O2S/c1-14-8-6-7-11-17(14)18-12-16(15-9-4-3-5-10-15)13-19(22-18)20(21)23-2/h3-11,13,16,18H,12H2,1-2H3/t16-,18-/m0/s1. The minimum atomic E-state index is -0.0856. The molecule has 0 bridgehead atoms. The lowest BCUT2D eigenvalue weighted by atomic mass is 9.87. The van der Waals surface area contributed by atoms with Crippen LogP contribution in [0.5, 0.6) is 0 Å². The first-order chi connectivity index (χ1) is 11.2. The lowest BCUT2D eigenvalue weighted by Crippen LogP contribution is -2.18. The van der Waals surface area contributed by atoms with Crippen LogP contribution in [0.25, 0.3) is 0 Å². The number of hydrogen-bond acceptors (Lipinski definition) is 3. The van der Waals surface area contributed by atoms with Gasteiger partial charge in [-0.15, -0.1) is 0 Å². The Bertz CT molecular complexity index is 721. The van der Waals surface area contributed by atoms with Crippen molar-refractivity contribution < 1.29 is 9.53 Å². The molecule has 0 radical (unpaired) electrons. The molecule has 2 aromatic rings. The van der Waals surface area contributed by atoms with Crippen LogP contribution in [0.4, 0.5) is 0 Å². The van der Waals surface area contributed by atoms with Crippen LogP contribution in [-0.2, 0) is 9.53 Å². The average Bonchev–Trinajstić information content (AvgIpc) is 2.61. The zero-order chi connectivity index (χ0) is 16.2. The largest absolute Gasteiger partial charge is 0.481 e. The summed E-state index contributed by atoms with van der Waals surface area (Å²) in [5.41, 5.74) is 3.58. The normalized spacial score (nSPS) is 20.5. The smallest absolute Gasteiger partial charge is 0.253 e. The maximum Gasteiger partial charge on any atom is 0.253 e. The van der Waals surface area contributed by atoms with Gasteiger partial charge in [0.25, 0.3) is 5.12 Å². The minimum Gasteiger partial charge on any atom is -0.481 e. The molecular weight excluding hydrogens is 304 g/mol. The number of carbonyl (C=O) groups is 1. The fraction of sp³-hybridized carbons (Fsp3) is 0.250. The maximum absolute atomic E-state index is 12.2. The highest BCUT2D eigenvalue weighted by Crippen LogP contribution is 2.40. The Hall–Kier alpha value is -2.00. The summed E-state index contributed by atoms with van der Waals surface area (Å²) < 4.78 is 6.05. The van der Waals surface area contributed by atoms with E-state index in [4.69, 9.17) is 4.74 Å². The second kappa shape index (κ2) is 7.05. The van der Waals surface area contributed by atoms with Gasteiger partial charge < -0.3 is 4.74 Å². The molecule has 0 saturated heterocycles. The number of thioether (sulfide) groups is 1. The van der Waals surface area contributed by atoms with Crippen molar-refractivity contribution in [1.29, 1.82) is 0 Å². The molecule has 2 nitrogen and oxygen atoms in total. The van der Waals surface area contributed by atoms with Gasteiger partial charge in [-0.3, -0.25) is 4.79 Å². The van der Waals surface area contributed by atoms with Crippen molar-refractivity contribution in [3.63, 3.8) is 0 Å². The van der Waals surface area contributed by atoms with E-state index < -0.39 is 0 Å². The molecule has 2 atom stereocenters. The van der Waals surface area contributed by atoms with Gasteiger partial charge in [0.1, 0.15) is 6.10 Å². The van der Waals surface area contributed by atoms with Gasteiger partial charge in [-0.05, 0) is 42.4 Å². The van der Waals surface area contributed by atoms with Crippen LogP contribution in [-0.4, -0.2) is 11.4 Å². The Morgan fingerprint density at radius 3 is 2.48 bits per heavy atom. The first-order valence-electron chi connectivity index (χ1n) is 7.76. The lowest BCUT2D eigenvalue weighted by Gasteiger charge is -2.30. The van der Waals surface area contributed by atoms with E-state index in [9.17, 15) is 4.79 Å². The van der Waals surface area contributed by atoms with Crippen molar-refractivity contribution in [2.45, 2.75) is 25.4 Å². The van der Waals surface area contributed by atoms with Crippen molar-refractivity contribution in [3.05, 3.63) is 83.1 Å². The van der Waals surface area contributed by atoms with Gasteiger partial charge >= 0.3 is 0 Å². The summed E-state index contributed by atoms with van der Waals surface area (Å²) in [4.78, 5) is 12.2. The second-order valence-corrected chi connectivity index (χ2v) is 6.52. The van der Waals surface area contributed by atoms with E-state index >= 15 is 0 Å². The summed E-state index contributed by atoms with van der Waals surface area (Å²) in [5, 5.41) is -0.00999. The van der Waals surface area contributed by atoms with E-state index in [0.717, 1.165) is 12.0 Å². The van der Waals surface area contributed by atoms with Crippen LogP contribution in [0, 0.1) is 6.92 Å². The predicted octanol–water partition coefficient (Wildman–Crippen LogP) is 5.01. The first-order valence-corrected chi connectivity index (χ1v) is 8.98. The quantitative estimate of drug-likeness (QED) is 0.793. The molecule has 0 N–H and O–H groups in total. The molecule has 0 aromatic heterocycles. The second-order valence-electron chi connectivity index (χ2n) is 5.74. The van der Waals surface area contributed by atoms with Crippen molar-refractivity contribution in [2.24, 2.45) is 0 Å². The third-order valence-electron chi connectivity index (χ3n) is 4.24. The van der Waals surface area contributed by atoms with Gasteiger partial charge in [0, 0.05) is 5.92 Å². The van der Waals surface area contributed by atoms with E-state index in [0.29, 0.717) is 5.76 Å². The number of benzene rings is 2. The van der Waals surface area contributed by atoms with E-state index in [2.05, 4.69) is 31.2 Å². The molecule has 2 aromatic carbocycles. The molecule has 23 heavy (non-hydrogen) atoms. The predicted molar refractivity (Wildman–Crippen MR) is 95.4 cm³/mol. The number of carbonyl (C=O) groups excluding carboxylic acids is 1.